The Labute approximate surface area is 169 Å². The largest absolute Gasteiger partial charge is 0.342 e. The van der Waals surface area contributed by atoms with Gasteiger partial charge in [0.25, 0.3) is 0 Å². The van der Waals surface area contributed by atoms with E-state index in [1.165, 1.54) is 17.7 Å². The molecule has 1 aromatic carbocycles. The maximum atomic E-state index is 12.8. The Kier molecular flexibility index (Phi) is 5.68. The van der Waals surface area contributed by atoms with E-state index in [4.69, 9.17) is 12.2 Å². The highest BCUT2D eigenvalue weighted by Gasteiger charge is 2.33. The minimum Gasteiger partial charge on any atom is -0.342 e. The summed E-state index contributed by atoms with van der Waals surface area (Å²) in [4.78, 5) is 16.1. The van der Waals surface area contributed by atoms with Crippen LogP contribution in [-0.4, -0.2) is 44.4 Å². The van der Waals surface area contributed by atoms with Crippen LogP contribution >= 0.6 is 24.0 Å². The molecule has 1 aliphatic heterocycles. The Balaban J connectivity index is 1.31. The molecule has 1 N–H and O–H groups in total. The molecule has 0 radical (unpaired) electrons. The van der Waals surface area contributed by atoms with Crippen molar-refractivity contribution in [2.24, 2.45) is 5.92 Å². The number of benzene rings is 1. The fourth-order valence-electron chi connectivity index (χ4n) is 3.77. The van der Waals surface area contributed by atoms with Crippen LogP contribution in [0.2, 0.25) is 0 Å². The number of hydrogen-bond donors (Lipinski definition) is 1. The van der Waals surface area contributed by atoms with Gasteiger partial charge in [-0.2, -0.15) is 5.10 Å². The second kappa shape index (κ2) is 8.19. The molecule has 1 aliphatic carbocycles. The molecular formula is C20H26N4OS2. The first-order valence-corrected chi connectivity index (χ1v) is 11.2. The third-order valence-electron chi connectivity index (χ3n) is 5.48. The molecule has 2 aromatic rings. The van der Waals surface area contributed by atoms with Crippen molar-refractivity contribution >= 4 is 29.9 Å². The lowest BCUT2D eigenvalue weighted by atomic mass is 9.95. The van der Waals surface area contributed by atoms with Crippen LogP contribution in [0.5, 0.6) is 0 Å². The van der Waals surface area contributed by atoms with E-state index in [-0.39, 0.29) is 11.8 Å². The maximum absolute atomic E-state index is 12.8. The number of aromatic nitrogens is 3. The summed E-state index contributed by atoms with van der Waals surface area (Å²) < 4.78 is 2.97. The lowest BCUT2D eigenvalue weighted by molar-refractivity contribution is -0.135. The molecule has 1 aromatic heterocycles. The van der Waals surface area contributed by atoms with Crippen molar-refractivity contribution in [2.45, 2.75) is 49.5 Å². The predicted octanol–water partition coefficient (Wildman–Crippen LogP) is 4.41. The molecule has 1 amide bonds. The molecule has 5 nitrogen and oxygen atoms in total. The van der Waals surface area contributed by atoms with Crippen molar-refractivity contribution in [3.8, 4) is 0 Å². The van der Waals surface area contributed by atoms with Gasteiger partial charge >= 0.3 is 0 Å². The van der Waals surface area contributed by atoms with Gasteiger partial charge in [-0.3, -0.25) is 9.89 Å². The van der Waals surface area contributed by atoms with Gasteiger partial charge in [0.05, 0.1) is 0 Å². The van der Waals surface area contributed by atoms with Gasteiger partial charge in [0.15, 0.2) is 4.77 Å². The second-order valence-corrected chi connectivity index (χ2v) is 9.09. The molecule has 2 heterocycles. The van der Waals surface area contributed by atoms with Crippen molar-refractivity contribution in [1.29, 1.82) is 0 Å². The molecule has 27 heavy (non-hydrogen) atoms. The minimum atomic E-state index is 0.0350. The minimum absolute atomic E-state index is 0.0350. The summed E-state index contributed by atoms with van der Waals surface area (Å²) in [6, 6.07) is 10.8. The Bertz CT molecular complexity index is 835. The number of rotatable bonds is 6. The first-order chi connectivity index (χ1) is 13.1. The van der Waals surface area contributed by atoms with Gasteiger partial charge in [0.1, 0.15) is 5.82 Å². The number of carbonyl (C=O) groups excluding carboxylic acids is 1. The van der Waals surface area contributed by atoms with Gasteiger partial charge in [0.2, 0.25) is 5.91 Å². The molecule has 1 saturated carbocycles. The number of piperidine rings is 1. The van der Waals surface area contributed by atoms with Crippen LogP contribution in [0.4, 0.5) is 0 Å². The van der Waals surface area contributed by atoms with Crippen LogP contribution in [0.25, 0.3) is 0 Å². The van der Waals surface area contributed by atoms with Crippen LogP contribution in [-0.2, 0) is 4.79 Å². The van der Waals surface area contributed by atoms with Crippen LogP contribution in [0.15, 0.2) is 35.2 Å². The van der Waals surface area contributed by atoms with Crippen LogP contribution < -0.4 is 0 Å². The molecular weight excluding hydrogens is 376 g/mol. The Morgan fingerprint density at radius 2 is 1.96 bits per heavy atom. The molecule has 144 valence electrons. The van der Waals surface area contributed by atoms with Crippen molar-refractivity contribution in [3.63, 3.8) is 0 Å². The fourth-order valence-corrected chi connectivity index (χ4v) is 4.99. The smallest absolute Gasteiger partial charge is 0.226 e. The van der Waals surface area contributed by atoms with Crippen LogP contribution in [0, 0.1) is 10.7 Å². The fraction of sp³-hybridized carbons (Fsp3) is 0.550. The SMILES string of the molecule is CC(CSc1ccccc1)C(=O)N1CCC(c2n[nH]c(=S)n2C2CC2)CC1. The average molecular weight is 403 g/mol. The number of amides is 1. The van der Waals surface area contributed by atoms with Gasteiger partial charge in [-0.15, -0.1) is 11.8 Å². The zero-order valence-electron chi connectivity index (χ0n) is 15.6. The highest BCUT2D eigenvalue weighted by atomic mass is 32.2. The first kappa shape index (κ1) is 18.7. The third kappa shape index (κ3) is 4.29. The van der Waals surface area contributed by atoms with E-state index in [2.05, 4.69) is 26.9 Å². The molecule has 2 aliphatic rings. The zero-order chi connectivity index (χ0) is 18.8. The molecule has 7 heteroatoms. The summed E-state index contributed by atoms with van der Waals surface area (Å²) in [6.07, 6.45) is 4.34. The summed E-state index contributed by atoms with van der Waals surface area (Å²) in [5, 5.41) is 7.48. The topological polar surface area (TPSA) is 53.9 Å². The van der Waals surface area contributed by atoms with E-state index in [1.807, 2.05) is 30.0 Å². The van der Waals surface area contributed by atoms with Crippen molar-refractivity contribution in [3.05, 3.63) is 40.9 Å². The molecule has 1 unspecified atom stereocenters. The summed E-state index contributed by atoms with van der Waals surface area (Å²) in [6.45, 7) is 3.67. The predicted molar refractivity (Wildman–Crippen MR) is 111 cm³/mol. The number of nitrogens with one attached hydrogen (secondary N) is 1. The number of carbonyl (C=O) groups is 1. The van der Waals surface area contributed by atoms with Crippen molar-refractivity contribution < 1.29 is 4.79 Å². The van der Waals surface area contributed by atoms with Crippen molar-refractivity contribution in [1.82, 2.24) is 19.7 Å². The van der Waals surface area contributed by atoms with E-state index in [9.17, 15) is 4.79 Å². The number of thioether (sulfide) groups is 1. The lowest BCUT2D eigenvalue weighted by Gasteiger charge is -2.33. The summed E-state index contributed by atoms with van der Waals surface area (Å²) in [7, 11) is 0. The second-order valence-electron chi connectivity index (χ2n) is 7.61. The van der Waals surface area contributed by atoms with E-state index in [0.717, 1.165) is 42.3 Å². The Hall–Kier alpha value is -1.60. The number of nitrogens with zero attached hydrogens (tertiary/aromatic N) is 3. The van der Waals surface area contributed by atoms with Gasteiger partial charge in [0, 0.05) is 41.6 Å². The number of hydrogen-bond acceptors (Lipinski definition) is 4. The van der Waals surface area contributed by atoms with Gasteiger partial charge < -0.3 is 9.47 Å². The molecule has 0 spiro atoms. The van der Waals surface area contributed by atoms with E-state index in [0.29, 0.717) is 12.0 Å². The molecule has 0 bridgehead atoms. The number of likely N-dealkylation sites (tertiary alicyclic amines) is 1. The quantitative estimate of drug-likeness (QED) is 0.574. The normalized spacial score (nSPS) is 19.2. The highest BCUT2D eigenvalue weighted by Crippen LogP contribution is 2.39. The van der Waals surface area contributed by atoms with Crippen molar-refractivity contribution in [2.75, 3.05) is 18.8 Å². The lowest BCUT2D eigenvalue weighted by Crippen LogP contribution is -2.41. The van der Waals surface area contributed by atoms with Gasteiger partial charge in [-0.25, -0.2) is 0 Å². The van der Waals surface area contributed by atoms with Crippen LogP contribution in [0.1, 0.15) is 50.4 Å². The van der Waals surface area contributed by atoms with E-state index in [1.54, 1.807) is 11.8 Å². The monoisotopic (exact) mass is 402 g/mol. The molecule has 4 rings (SSSR count). The van der Waals surface area contributed by atoms with Gasteiger partial charge in [-0.1, -0.05) is 25.1 Å². The zero-order valence-corrected chi connectivity index (χ0v) is 17.3. The summed E-state index contributed by atoms with van der Waals surface area (Å²) in [5.74, 6) is 2.63. The molecule has 1 atom stereocenters. The average Bonchev–Trinajstić information content (AvgIpc) is 3.48. The molecule has 2 fully saturated rings. The standard InChI is InChI=1S/C20H26N4OS2/c1-14(13-27-17-5-3-2-4-6-17)19(25)23-11-9-15(10-12-23)18-21-22-20(26)24(18)16-7-8-16/h2-6,14-16H,7-13H2,1H3,(H,22,26). The van der Waals surface area contributed by atoms with E-state index >= 15 is 0 Å². The maximum Gasteiger partial charge on any atom is 0.226 e. The highest BCUT2D eigenvalue weighted by molar-refractivity contribution is 7.99. The third-order valence-corrected chi connectivity index (χ3v) is 7.04. The Morgan fingerprint density at radius 3 is 2.63 bits per heavy atom. The van der Waals surface area contributed by atoms with Crippen LogP contribution in [0.3, 0.4) is 0 Å². The molecule has 1 saturated heterocycles. The van der Waals surface area contributed by atoms with Gasteiger partial charge in [-0.05, 0) is 50.0 Å². The Morgan fingerprint density at radius 1 is 1.26 bits per heavy atom. The van der Waals surface area contributed by atoms with E-state index < -0.39 is 0 Å². The summed E-state index contributed by atoms with van der Waals surface area (Å²) >= 11 is 7.16. The number of H-pyrrole nitrogens is 1. The number of aromatic amines is 1. The summed E-state index contributed by atoms with van der Waals surface area (Å²) in [5.41, 5.74) is 0. The first-order valence-electron chi connectivity index (χ1n) is 9.77.